The van der Waals surface area contributed by atoms with E-state index in [1.54, 1.807) is 0 Å². The van der Waals surface area contributed by atoms with Crippen molar-refractivity contribution in [3.8, 4) is 52.0 Å². The molecule has 0 atom stereocenters. The first-order valence-electron chi connectivity index (χ1n) is 12.8. The van der Waals surface area contributed by atoms with E-state index in [1.807, 2.05) is 0 Å². The maximum atomic E-state index is 16.0. The summed E-state index contributed by atoms with van der Waals surface area (Å²) in [5, 5.41) is 27.4. The lowest BCUT2D eigenvalue weighted by Gasteiger charge is -2.18. The van der Waals surface area contributed by atoms with Crippen molar-refractivity contribution in [1.82, 2.24) is 9.88 Å². The minimum Gasteiger partial charge on any atom is -0.504 e. The minimum absolute atomic E-state index is 0.0694. The van der Waals surface area contributed by atoms with Gasteiger partial charge >= 0.3 is 5.97 Å². The summed E-state index contributed by atoms with van der Waals surface area (Å²) >= 11 is 0. The second-order valence-corrected chi connectivity index (χ2v) is 9.32. The van der Waals surface area contributed by atoms with Gasteiger partial charge in [-0.05, 0) is 48.5 Å². The lowest BCUT2D eigenvalue weighted by Crippen LogP contribution is -2.21. The van der Waals surface area contributed by atoms with Gasteiger partial charge < -0.3 is 44.5 Å². The van der Waals surface area contributed by atoms with E-state index in [2.05, 4.69) is 4.98 Å². The second kappa shape index (κ2) is 13.0. The van der Waals surface area contributed by atoms with Crippen molar-refractivity contribution >= 4 is 17.7 Å². The Morgan fingerprint density at radius 3 is 1.98 bits per heavy atom. The summed E-state index contributed by atoms with van der Waals surface area (Å²) in [7, 11) is 5.41. The first-order chi connectivity index (χ1) is 21.3. The van der Waals surface area contributed by atoms with Gasteiger partial charge in [-0.15, -0.1) is 0 Å². The number of methoxy groups -OCH3 is 2. The summed E-state index contributed by atoms with van der Waals surface area (Å²) in [5.74, 6) is -9.97. The number of nitrogens with one attached hydrogen (secondary N) is 1. The fraction of sp³-hybridized carbons (Fsp3) is 0.133. The molecule has 15 heteroatoms. The molecule has 0 unspecified atom stereocenters. The number of phenols is 1. The van der Waals surface area contributed by atoms with Crippen LogP contribution in [0.5, 0.6) is 52.0 Å². The smallest absolute Gasteiger partial charge is 0.335 e. The van der Waals surface area contributed by atoms with Crippen molar-refractivity contribution in [1.29, 1.82) is 5.41 Å². The number of rotatable bonds is 11. The van der Waals surface area contributed by atoms with Crippen LogP contribution in [0, 0.1) is 17.0 Å². The highest BCUT2D eigenvalue weighted by atomic mass is 19.1. The van der Waals surface area contributed by atoms with E-state index >= 15 is 8.78 Å². The van der Waals surface area contributed by atoms with Crippen LogP contribution in [0.15, 0.2) is 54.6 Å². The molecule has 0 radical (unpaired) electrons. The predicted molar refractivity (Wildman–Crippen MR) is 154 cm³/mol. The Labute approximate surface area is 254 Å². The molecule has 0 fully saturated rings. The maximum Gasteiger partial charge on any atom is 0.335 e. The highest BCUT2D eigenvalue weighted by molar-refractivity contribution is 5.95. The predicted octanol–water partition coefficient (Wildman–Crippen LogP) is 5.14. The van der Waals surface area contributed by atoms with Crippen molar-refractivity contribution in [2.45, 2.75) is 0 Å². The number of hydrogen-bond donors (Lipinski definition) is 4. The fourth-order valence-electron chi connectivity index (χ4n) is 3.84. The van der Waals surface area contributed by atoms with Crippen LogP contribution in [-0.2, 0) is 0 Å². The number of carbonyl (C=O) groups excluding carboxylic acids is 1. The zero-order valence-electron chi connectivity index (χ0n) is 24.2. The molecule has 4 rings (SSSR count). The standard InChI is InChI=1S/C30H26F2N4O9/c1-36(2)29(38)15-6-5-7-17(10-15)43-27-22(31)25(45-24-20(41-3)12-16(30(39)40)13-21(24)42-4)23(32)28(35-27)44-19-11-14(26(33)34)8-9-18(19)37/h5-13,37H,1-4H3,(H3,33,34)(H,39,40). The van der Waals surface area contributed by atoms with Crippen molar-refractivity contribution < 1.29 is 52.3 Å². The fourth-order valence-corrected chi connectivity index (χ4v) is 3.84. The van der Waals surface area contributed by atoms with Gasteiger partial charge in [0.1, 0.15) is 11.6 Å². The van der Waals surface area contributed by atoms with E-state index in [4.69, 9.17) is 34.8 Å². The number of carboxylic acids is 1. The Kier molecular flexibility index (Phi) is 9.21. The van der Waals surface area contributed by atoms with Gasteiger partial charge in [0.2, 0.25) is 23.1 Å². The van der Waals surface area contributed by atoms with Crippen LogP contribution in [0.3, 0.4) is 0 Å². The first-order valence-corrected chi connectivity index (χ1v) is 12.8. The average Bonchev–Trinajstić information content (AvgIpc) is 3.01. The molecule has 234 valence electrons. The molecule has 0 aliphatic rings. The van der Waals surface area contributed by atoms with Gasteiger partial charge in [-0.3, -0.25) is 10.2 Å². The number of amidine groups is 1. The highest BCUT2D eigenvalue weighted by Crippen LogP contribution is 2.46. The van der Waals surface area contributed by atoms with Gasteiger partial charge in [-0.1, -0.05) is 6.07 Å². The lowest BCUT2D eigenvalue weighted by molar-refractivity contribution is 0.0695. The molecule has 1 amide bonds. The quantitative estimate of drug-likeness (QED) is 0.128. The lowest BCUT2D eigenvalue weighted by atomic mass is 10.2. The Morgan fingerprint density at radius 2 is 1.42 bits per heavy atom. The van der Waals surface area contributed by atoms with Crippen LogP contribution in [0.2, 0.25) is 0 Å². The van der Waals surface area contributed by atoms with Gasteiger partial charge in [-0.25, -0.2) is 4.79 Å². The van der Waals surface area contributed by atoms with Gasteiger partial charge in [-0.2, -0.15) is 13.8 Å². The number of phenolic OH excluding ortho intramolecular Hbond substituents is 1. The first kappa shape index (κ1) is 31.8. The zero-order valence-corrected chi connectivity index (χ0v) is 24.2. The van der Waals surface area contributed by atoms with E-state index < -0.39 is 58.2 Å². The summed E-state index contributed by atoms with van der Waals surface area (Å²) in [6.07, 6.45) is 0. The highest BCUT2D eigenvalue weighted by Gasteiger charge is 2.29. The largest absolute Gasteiger partial charge is 0.504 e. The number of nitrogens with two attached hydrogens (primary N) is 1. The number of nitrogens with zero attached hydrogens (tertiary/aromatic N) is 2. The Bertz CT molecular complexity index is 1790. The number of aromatic hydroxyl groups is 1. The molecule has 3 aromatic carbocycles. The average molecular weight is 625 g/mol. The third-order valence-electron chi connectivity index (χ3n) is 6.07. The van der Waals surface area contributed by atoms with Crippen molar-refractivity contribution in [2.75, 3.05) is 28.3 Å². The number of nitrogen functional groups attached to an aromatic ring is 1. The van der Waals surface area contributed by atoms with Crippen LogP contribution in [0.4, 0.5) is 8.78 Å². The molecular weight excluding hydrogens is 598 g/mol. The molecular formula is C30H26F2N4O9. The third-order valence-corrected chi connectivity index (χ3v) is 6.07. The summed E-state index contributed by atoms with van der Waals surface area (Å²) in [6, 6.07) is 11.3. The van der Waals surface area contributed by atoms with Crippen LogP contribution in [0.25, 0.3) is 0 Å². The maximum absolute atomic E-state index is 16.0. The van der Waals surface area contributed by atoms with Crippen LogP contribution in [0.1, 0.15) is 26.3 Å². The number of hydrogen-bond acceptors (Lipinski definition) is 10. The molecule has 0 spiro atoms. The Balaban J connectivity index is 1.90. The minimum atomic E-state index is -1.52. The molecule has 5 N–H and O–H groups in total. The normalized spacial score (nSPS) is 10.5. The molecule has 13 nitrogen and oxygen atoms in total. The van der Waals surface area contributed by atoms with E-state index in [-0.39, 0.29) is 39.8 Å². The second-order valence-electron chi connectivity index (χ2n) is 9.32. The van der Waals surface area contributed by atoms with E-state index in [0.29, 0.717) is 0 Å². The topological polar surface area (TPSA) is 187 Å². The SMILES string of the molecule is COc1cc(C(=O)O)cc(OC)c1Oc1c(F)c(Oc2cccc(C(=O)N(C)C)c2)nc(Oc2cc(C(=N)N)ccc2O)c1F. The summed E-state index contributed by atoms with van der Waals surface area (Å²) in [6.45, 7) is 0. The number of aromatic carboxylic acids is 1. The number of aromatic nitrogens is 1. The van der Waals surface area contributed by atoms with Gasteiger partial charge in [0.15, 0.2) is 23.0 Å². The zero-order chi connectivity index (χ0) is 33.0. The van der Waals surface area contributed by atoms with Gasteiger partial charge in [0.25, 0.3) is 17.7 Å². The molecule has 0 aliphatic carbocycles. The molecule has 0 aliphatic heterocycles. The molecule has 0 saturated heterocycles. The van der Waals surface area contributed by atoms with E-state index in [1.165, 1.54) is 63.5 Å². The number of ether oxygens (including phenoxy) is 5. The number of halogens is 2. The van der Waals surface area contributed by atoms with Crippen LogP contribution in [-0.4, -0.2) is 66.1 Å². The van der Waals surface area contributed by atoms with Crippen molar-refractivity contribution in [2.24, 2.45) is 5.73 Å². The summed E-state index contributed by atoms with van der Waals surface area (Å²) < 4.78 is 59.0. The summed E-state index contributed by atoms with van der Waals surface area (Å²) in [5.41, 5.74) is 5.53. The monoisotopic (exact) mass is 624 g/mol. The number of carbonyl (C=O) groups is 2. The Morgan fingerprint density at radius 1 is 0.822 bits per heavy atom. The molecule has 0 saturated carbocycles. The molecule has 4 aromatic rings. The van der Waals surface area contributed by atoms with Gasteiger partial charge in [0.05, 0.1) is 19.8 Å². The molecule has 1 heterocycles. The molecule has 0 bridgehead atoms. The van der Waals surface area contributed by atoms with E-state index in [9.17, 15) is 19.8 Å². The number of carboxylic acid groups (broad SMARTS) is 1. The van der Waals surface area contributed by atoms with Crippen LogP contribution >= 0.6 is 0 Å². The number of benzene rings is 3. The van der Waals surface area contributed by atoms with Crippen LogP contribution < -0.4 is 29.4 Å². The summed E-state index contributed by atoms with van der Waals surface area (Å²) in [4.78, 5) is 29.1. The van der Waals surface area contributed by atoms with E-state index in [0.717, 1.165) is 24.3 Å². The number of pyridine rings is 1. The van der Waals surface area contributed by atoms with Crippen molar-refractivity contribution in [3.05, 3.63) is 82.9 Å². The third kappa shape index (κ3) is 6.77. The number of amides is 1. The van der Waals surface area contributed by atoms with Gasteiger partial charge in [0, 0.05) is 25.2 Å². The molecule has 1 aromatic heterocycles. The Hall–Kier alpha value is -6.12. The molecule has 45 heavy (non-hydrogen) atoms. The van der Waals surface area contributed by atoms with Crippen molar-refractivity contribution in [3.63, 3.8) is 0 Å².